The lowest BCUT2D eigenvalue weighted by molar-refractivity contribution is -0.137. The van der Waals surface area contributed by atoms with Gasteiger partial charge in [0, 0.05) is 38.7 Å². The summed E-state index contributed by atoms with van der Waals surface area (Å²) in [5.41, 5.74) is -0.874. The van der Waals surface area contributed by atoms with Crippen LogP contribution in [0.5, 0.6) is 0 Å². The first-order valence-electron chi connectivity index (χ1n) is 12.4. The van der Waals surface area contributed by atoms with Gasteiger partial charge >= 0.3 is 6.18 Å². The number of allylic oxidation sites excluding steroid dienone is 1. The number of nitrogens with one attached hydrogen (secondary N) is 2. The Morgan fingerprint density at radius 3 is 2.59 bits per heavy atom. The van der Waals surface area contributed by atoms with E-state index < -0.39 is 44.5 Å². The van der Waals surface area contributed by atoms with E-state index >= 15 is 0 Å². The zero-order chi connectivity index (χ0) is 29.6. The van der Waals surface area contributed by atoms with Gasteiger partial charge in [-0.05, 0) is 60.9 Å². The van der Waals surface area contributed by atoms with Gasteiger partial charge in [-0.2, -0.15) is 22.6 Å². The number of pyridine rings is 1. The largest absolute Gasteiger partial charge is 0.416 e. The number of hydrogen-bond donors (Lipinski definition) is 2. The van der Waals surface area contributed by atoms with Crippen LogP contribution in [0.15, 0.2) is 65.5 Å². The van der Waals surface area contributed by atoms with Gasteiger partial charge < -0.3 is 10.7 Å². The Hall–Kier alpha value is -4.17. The Balaban J connectivity index is 1.64. The summed E-state index contributed by atoms with van der Waals surface area (Å²) >= 11 is 0. The van der Waals surface area contributed by atoms with Crippen LogP contribution in [0.25, 0.3) is 11.8 Å². The molecular weight excluding hydrogens is 564 g/mol. The number of fused-ring (bicyclic) bond motifs is 2. The molecule has 2 aromatic heterocycles. The number of rotatable bonds is 7. The molecule has 1 saturated heterocycles. The summed E-state index contributed by atoms with van der Waals surface area (Å²) in [5.74, 6) is -1.19. The van der Waals surface area contributed by atoms with Crippen LogP contribution in [0, 0.1) is 16.6 Å². The number of aromatic nitrogens is 3. The number of carbonyl (C=O) groups is 1. The minimum absolute atomic E-state index is 0.0336. The maximum Gasteiger partial charge on any atom is 0.416 e. The predicted octanol–water partition coefficient (Wildman–Crippen LogP) is 3.98. The number of sulfonamides is 1. The molecule has 1 aliphatic heterocycles. The molecule has 14 heteroatoms. The summed E-state index contributed by atoms with van der Waals surface area (Å²) in [7, 11) is -2.76. The van der Waals surface area contributed by atoms with Crippen molar-refractivity contribution in [1.29, 1.82) is 5.41 Å². The van der Waals surface area contributed by atoms with E-state index in [-0.39, 0.29) is 30.8 Å². The molecule has 9 nitrogen and oxygen atoms in total. The van der Waals surface area contributed by atoms with E-state index in [1.54, 1.807) is 10.8 Å². The van der Waals surface area contributed by atoms with Crippen LogP contribution >= 0.6 is 0 Å². The third kappa shape index (κ3) is 4.97. The Morgan fingerprint density at radius 1 is 1.20 bits per heavy atom. The van der Waals surface area contributed by atoms with Gasteiger partial charge in [-0.3, -0.25) is 9.78 Å². The van der Waals surface area contributed by atoms with Gasteiger partial charge in [0.15, 0.2) is 5.78 Å². The normalized spacial score (nSPS) is 19.6. The summed E-state index contributed by atoms with van der Waals surface area (Å²) in [6.07, 6.45) is 1.22. The Labute approximate surface area is 232 Å². The van der Waals surface area contributed by atoms with E-state index in [2.05, 4.69) is 15.4 Å². The van der Waals surface area contributed by atoms with E-state index in [4.69, 9.17) is 5.41 Å². The molecule has 0 amide bonds. The van der Waals surface area contributed by atoms with Crippen molar-refractivity contribution in [2.45, 2.75) is 19.0 Å². The van der Waals surface area contributed by atoms with Crippen LogP contribution in [-0.2, 0) is 22.6 Å². The fourth-order valence-corrected chi connectivity index (χ4v) is 6.70. The molecule has 5 rings (SSSR count). The molecule has 0 saturated carbocycles. The molecule has 0 unspecified atom stereocenters. The number of piperidine rings is 1. The van der Waals surface area contributed by atoms with Crippen LogP contribution in [0.3, 0.4) is 0 Å². The smallest absolute Gasteiger partial charge is 0.393 e. The van der Waals surface area contributed by atoms with Crippen LogP contribution in [0.4, 0.5) is 17.6 Å². The number of ketones is 1. The molecule has 0 bridgehead atoms. The van der Waals surface area contributed by atoms with E-state index in [0.29, 0.717) is 34.8 Å². The molecule has 1 aromatic carbocycles. The maximum absolute atomic E-state index is 14.2. The first-order valence-corrected chi connectivity index (χ1v) is 13.8. The van der Waals surface area contributed by atoms with Crippen LogP contribution < -0.4 is 5.32 Å². The zero-order valence-corrected chi connectivity index (χ0v) is 22.4. The van der Waals surface area contributed by atoms with E-state index in [1.165, 1.54) is 37.5 Å². The summed E-state index contributed by atoms with van der Waals surface area (Å²) in [5, 5.41) is 14.6. The standard InChI is InChI=1S/C27H24F4N6O3S/c1-33-15-22(13-32)41(39,40)36-9-7-18-11-24-17(14-35-37(24)21-4-2-20(28)3-5-21)12-26(18,16-36)25(38)23-10-19(6-8-34-23)27(29,30)31/h2-6,8,10-11,13-15,32-33H,7,9,12,16H2,1H3/b22-15+,32-13?/t26-/m0/s1. The SMILES string of the molecule is CN/C=C(\C=N)S(=O)(=O)N1CCC2=Cc3c(cnn3-c3ccc(F)cc3)C[C@]2(C(=O)c2cc(C(F)(F)F)ccn2)C1. The number of hydrogen-bond acceptors (Lipinski definition) is 7. The number of nitrogens with zero attached hydrogens (tertiary/aromatic N) is 4. The lowest BCUT2D eigenvalue weighted by Gasteiger charge is -2.44. The van der Waals surface area contributed by atoms with E-state index in [0.717, 1.165) is 22.8 Å². The average molecular weight is 589 g/mol. The minimum Gasteiger partial charge on any atom is -0.393 e. The molecule has 0 spiro atoms. The van der Waals surface area contributed by atoms with Gasteiger partial charge in [0.1, 0.15) is 16.4 Å². The van der Waals surface area contributed by atoms with Crippen LogP contribution in [0.2, 0.25) is 0 Å². The Kier molecular flexibility index (Phi) is 7.15. The van der Waals surface area contributed by atoms with Crippen molar-refractivity contribution in [3.63, 3.8) is 0 Å². The minimum atomic E-state index is -4.72. The highest BCUT2D eigenvalue weighted by Crippen LogP contribution is 2.47. The first-order chi connectivity index (χ1) is 19.4. The molecule has 214 valence electrons. The molecule has 0 radical (unpaired) electrons. The first kappa shape index (κ1) is 28.4. The quantitative estimate of drug-likeness (QED) is 0.245. The average Bonchev–Trinajstić information content (AvgIpc) is 3.36. The second-order valence-corrected chi connectivity index (χ2v) is 11.6. The molecule has 41 heavy (non-hydrogen) atoms. The zero-order valence-electron chi connectivity index (χ0n) is 21.6. The van der Waals surface area contributed by atoms with Crippen molar-refractivity contribution in [3.05, 3.63) is 93.8 Å². The van der Waals surface area contributed by atoms with E-state index in [9.17, 15) is 30.8 Å². The highest BCUT2D eigenvalue weighted by atomic mass is 32.2. The number of benzene rings is 1. The van der Waals surface area contributed by atoms with Gasteiger partial charge in [-0.25, -0.2) is 17.5 Å². The number of Topliss-reactive ketones (excluding diaryl/α,β-unsaturated/α-hetero) is 1. The molecule has 3 aromatic rings. The summed E-state index contributed by atoms with van der Waals surface area (Å²) in [4.78, 5) is 17.8. The lowest BCUT2D eigenvalue weighted by Crippen LogP contribution is -2.53. The van der Waals surface area contributed by atoms with Gasteiger partial charge in [0.05, 0.1) is 28.6 Å². The van der Waals surface area contributed by atoms with Gasteiger partial charge in [-0.15, -0.1) is 0 Å². The summed E-state index contributed by atoms with van der Waals surface area (Å²) < 4.78 is 83.6. The number of halogens is 4. The Morgan fingerprint density at radius 2 is 1.93 bits per heavy atom. The van der Waals surface area contributed by atoms with Crippen LogP contribution in [0.1, 0.15) is 33.7 Å². The monoisotopic (exact) mass is 588 g/mol. The van der Waals surface area contributed by atoms with Crippen molar-refractivity contribution in [2.75, 3.05) is 20.1 Å². The second-order valence-electron chi connectivity index (χ2n) is 9.70. The van der Waals surface area contributed by atoms with Crippen LogP contribution in [-0.4, -0.2) is 59.6 Å². The highest BCUT2D eigenvalue weighted by Gasteiger charge is 2.51. The molecule has 1 fully saturated rings. The summed E-state index contributed by atoms with van der Waals surface area (Å²) in [6, 6.07) is 7.04. The Bertz CT molecular complexity index is 1700. The molecule has 2 N–H and O–H groups in total. The number of alkyl halides is 3. The lowest BCUT2D eigenvalue weighted by atomic mass is 9.65. The molecule has 1 aliphatic carbocycles. The second kappa shape index (κ2) is 10.3. The molecular formula is C27H24F4N6O3S. The van der Waals surface area contributed by atoms with Gasteiger partial charge in [0.25, 0.3) is 0 Å². The van der Waals surface area contributed by atoms with Crippen molar-refractivity contribution in [3.8, 4) is 5.69 Å². The van der Waals surface area contributed by atoms with Crippen molar-refractivity contribution in [1.82, 2.24) is 24.4 Å². The van der Waals surface area contributed by atoms with Gasteiger partial charge in [-0.1, -0.05) is 5.57 Å². The number of carbonyl (C=O) groups excluding carboxylic acids is 1. The topological polar surface area (TPSA) is 121 Å². The van der Waals surface area contributed by atoms with E-state index in [1.807, 2.05) is 0 Å². The highest BCUT2D eigenvalue weighted by molar-refractivity contribution is 7.93. The third-order valence-electron chi connectivity index (χ3n) is 7.27. The van der Waals surface area contributed by atoms with Crippen molar-refractivity contribution < 1.29 is 30.8 Å². The van der Waals surface area contributed by atoms with Crippen molar-refractivity contribution >= 4 is 28.1 Å². The fraction of sp³-hybridized carbons (Fsp3) is 0.259. The van der Waals surface area contributed by atoms with Crippen molar-refractivity contribution in [2.24, 2.45) is 5.41 Å². The molecule has 3 heterocycles. The summed E-state index contributed by atoms with van der Waals surface area (Å²) in [6.45, 7) is -0.415. The maximum atomic E-state index is 14.2. The predicted molar refractivity (Wildman–Crippen MR) is 142 cm³/mol. The third-order valence-corrected chi connectivity index (χ3v) is 9.10. The molecule has 1 atom stereocenters. The van der Waals surface area contributed by atoms with Gasteiger partial charge in [0.2, 0.25) is 10.0 Å². The fourth-order valence-electron chi connectivity index (χ4n) is 5.27. The molecule has 2 aliphatic rings.